The third-order valence-electron chi connectivity index (χ3n) is 4.17. The Morgan fingerprint density at radius 2 is 1.70 bits per heavy atom. The first-order valence-corrected chi connectivity index (χ1v) is 9.00. The Bertz CT molecular complexity index is 425. The summed E-state index contributed by atoms with van der Waals surface area (Å²) in [6.07, 6.45) is 9.32. The summed E-state index contributed by atoms with van der Waals surface area (Å²) in [6, 6.07) is 8.32. The monoisotopic (exact) mass is 320 g/mol. The maximum Gasteiger partial charge on any atom is 0.303 e. The van der Waals surface area contributed by atoms with Crippen LogP contribution in [0.15, 0.2) is 24.3 Å². The predicted octanol–water partition coefficient (Wildman–Crippen LogP) is 5.50. The van der Waals surface area contributed by atoms with E-state index in [1.165, 1.54) is 37.7 Å². The van der Waals surface area contributed by atoms with Crippen LogP contribution in [0.2, 0.25) is 0 Å². The topological polar surface area (TPSA) is 46.5 Å². The lowest BCUT2D eigenvalue weighted by molar-refractivity contribution is -0.138. The SMILES string of the molecule is CCCCCCCCC(CCC(=O)O)OCc1ccc(C)cc1. The van der Waals surface area contributed by atoms with Gasteiger partial charge >= 0.3 is 5.97 Å². The first-order chi connectivity index (χ1) is 11.1. The van der Waals surface area contributed by atoms with Crippen molar-refractivity contribution in [1.29, 1.82) is 0 Å². The van der Waals surface area contributed by atoms with Gasteiger partial charge in [-0.3, -0.25) is 4.79 Å². The van der Waals surface area contributed by atoms with Crippen LogP contribution in [0.25, 0.3) is 0 Å². The maximum absolute atomic E-state index is 10.8. The number of unbranched alkanes of at least 4 members (excludes halogenated alkanes) is 5. The van der Waals surface area contributed by atoms with E-state index in [1.807, 2.05) is 0 Å². The number of carboxylic acid groups (broad SMARTS) is 1. The molecule has 1 aromatic carbocycles. The molecule has 1 rings (SSSR count). The second kappa shape index (κ2) is 12.1. The van der Waals surface area contributed by atoms with Crippen molar-refractivity contribution in [2.45, 2.75) is 84.3 Å². The molecule has 23 heavy (non-hydrogen) atoms. The minimum absolute atomic E-state index is 0.0542. The highest BCUT2D eigenvalue weighted by Gasteiger charge is 2.11. The standard InChI is InChI=1S/C20H32O3/c1-3-4-5-6-7-8-9-19(14-15-20(21)22)23-16-18-12-10-17(2)11-13-18/h10-13,19H,3-9,14-16H2,1-2H3,(H,21,22). The zero-order valence-corrected chi connectivity index (χ0v) is 14.7. The van der Waals surface area contributed by atoms with E-state index in [-0.39, 0.29) is 12.5 Å². The highest BCUT2D eigenvalue weighted by atomic mass is 16.5. The Balaban J connectivity index is 2.32. The lowest BCUT2D eigenvalue weighted by Gasteiger charge is -2.17. The molecule has 1 unspecified atom stereocenters. The number of hydrogen-bond acceptors (Lipinski definition) is 2. The number of carbonyl (C=O) groups is 1. The minimum atomic E-state index is -0.739. The summed E-state index contributed by atoms with van der Waals surface area (Å²) >= 11 is 0. The number of hydrogen-bond donors (Lipinski definition) is 1. The van der Waals surface area contributed by atoms with E-state index in [2.05, 4.69) is 38.1 Å². The van der Waals surface area contributed by atoms with Crippen LogP contribution in [-0.2, 0) is 16.1 Å². The summed E-state index contributed by atoms with van der Waals surface area (Å²) in [4.78, 5) is 10.8. The van der Waals surface area contributed by atoms with E-state index in [0.29, 0.717) is 13.0 Å². The van der Waals surface area contributed by atoms with Gasteiger partial charge in [0.15, 0.2) is 0 Å². The zero-order chi connectivity index (χ0) is 16.9. The van der Waals surface area contributed by atoms with Gasteiger partial charge in [-0.1, -0.05) is 75.3 Å². The fourth-order valence-electron chi connectivity index (χ4n) is 2.65. The predicted molar refractivity (Wildman–Crippen MR) is 94.6 cm³/mol. The molecule has 0 bridgehead atoms. The van der Waals surface area contributed by atoms with Crippen molar-refractivity contribution in [1.82, 2.24) is 0 Å². The van der Waals surface area contributed by atoms with Gasteiger partial charge in [-0.2, -0.15) is 0 Å². The summed E-state index contributed by atoms with van der Waals surface area (Å²) in [6.45, 7) is 4.86. The van der Waals surface area contributed by atoms with Crippen molar-refractivity contribution in [2.24, 2.45) is 0 Å². The molecule has 1 atom stereocenters. The van der Waals surface area contributed by atoms with Crippen molar-refractivity contribution < 1.29 is 14.6 Å². The van der Waals surface area contributed by atoms with Gasteiger partial charge in [0, 0.05) is 6.42 Å². The van der Waals surface area contributed by atoms with Gasteiger partial charge in [0.1, 0.15) is 0 Å². The van der Waals surface area contributed by atoms with E-state index in [1.54, 1.807) is 0 Å². The highest BCUT2D eigenvalue weighted by molar-refractivity contribution is 5.66. The van der Waals surface area contributed by atoms with E-state index in [4.69, 9.17) is 9.84 Å². The summed E-state index contributed by atoms with van der Waals surface area (Å²) in [5, 5.41) is 8.89. The van der Waals surface area contributed by atoms with Gasteiger partial charge in [-0.05, 0) is 25.3 Å². The summed E-state index contributed by atoms with van der Waals surface area (Å²) in [7, 11) is 0. The maximum atomic E-state index is 10.8. The summed E-state index contributed by atoms with van der Waals surface area (Å²) in [5.74, 6) is -0.739. The molecular formula is C20H32O3. The fourth-order valence-corrected chi connectivity index (χ4v) is 2.65. The Morgan fingerprint density at radius 3 is 2.35 bits per heavy atom. The van der Waals surface area contributed by atoms with Crippen molar-refractivity contribution in [2.75, 3.05) is 0 Å². The molecule has 0 aliphatic rings. The molecule has 0 aromatic heterocycles. The molecule has 0 saturated carbocycles. The molecule has 0 aliphatic heterocycles. The smallest absolute Gasteiger partial charge is 0.303 e. The quantitative estimate of drug-likeness (QED) is 0.488. The number of aryl methyl sites for hydroxylation is 1. The summed E-state index contributed by atoms with van der Waals surface area (Å²) in [5.41, 5.74) is 2.39. The molecule has 0 amide bonds. The molecule has 3 heteroatoms. The lowest BCUT2D eigenvalue weighted by atomic mass is 10.0. The Kier molecular flexibility index (Phi) is 10.4. The van der Waals surface area contributed by atoms with Crippen LogP contribution in [0.3, 0.4) is 0 Å². The van der Waals surface area contributed by atoms with Crippen LogP contribution in [0.5, 0.6) is 0 Å². The van der Waals surface area contributed by atoms with Crippen LogP contribution in [-0.4, -0.2) is 17.2 Å². The van der Waals surface area contributed by atoms with Gasteiger partial charge in [-0.15, -0.1) is 0 Å². The van der Waals surface area contributed by atoms with Crippen molar-refractivity contribution in [3.05, 3.63) is 35.4 Å². The number of rotatable bonds is 13. The molecular weight excluding hydrogens is 288 g/mol. The van der Waals surface area contributed by atoms with E-state index >= 15 is 0 Å². The van der Waals surface area contributed by atoms with Crippen LogP contribution in [0.1, 0.15) is 75.8 Å². The van der Waals surface area contributed by atoms with Crippen molar-refractivity contribution >= 4 is 5.97 Å². The third kappa shape index (κ3) is 10.1. The molecule has 1 N–H and O–H groups in total. The normalized spacial score (nSPS) is 12.3. The van der Waals surface area contributed by atoms with Gasteiger partial charge in [0.25, 0.3) is 0 Å². The highest BCUT2D eigenvalue weighted by Crippen LogP contribution is 2.16. The number of benzene rings is 1. The average molecular weight is 320 g/mol. The van der Waals surface area contributed by atoms with Crippen molar-refractivity contribution in [3.63, 3.8) is 0 Å². The van der Waals surface area contributed by atoms with Crippen LogP contribution in [0, 0.1) is 6.92 Å². The first kappa shape index (κ1) is 19.7. The number of ether oxygens (including phenoxy) is 1. The molecule has 0 spiro atoms. The van der Waals surface area contributed by atoms with Crippen molar-refractivity contribution in [3.8, 4) is 0 Å². The molecule has 3 nitrogen and oxygen atoms in total. The molecule has 130 valence electrons. The van der Waals surface area contributed by atoms with Crippen LogP contribution in [0.4, 0.5) is 0 Å². The third-order valence-corrected chi connectivity index (χ3v) is 4.17. The van der Waals surface area contributed by atoms with Crippen LogP contribution < -0.4 is 0 Å². The molecule has 0 heterocycles. The Hall–Kier alpha value is -1.35. The van der Waals surface area contributed by atoms with E-state index in [0.717, 1.165) is 18.4 Å². The first-order valence-electron chi connectivity index (χ1n) is 9.00. The van der Waals surface area contributed by atoms with Crippen LogP contribution >= 0.6 is 0 Å². The number of carboxylic acids is 1. The molecule has 0 radical (unpaired) electrons. The number of aliphatic carboxylic acids is 1. The molecule has 0 fully saturated rings. The van der Waals surface area contributed by atoms with E-state index < -0.39 is 5.97 Å². The zero-order valence-electron chi connectivity index (χ0n) is 14.7. The molecule has 0 aliphatic carbocycles. The largest absolute Gasteiger partial charge is 0.481 e. The Labute approximate surface area is 141 Å². The second-order valence-corrected chi connectivity index (χ2v) is 6.41. The molecule has 0 saturated heterocycles. The Morgan fingerprint density at radius 1 is 1.04 bits per heavy atom. The fraction of sp³-hybridized carbons (Fsp3) is 0.650. The molecule has 1 aromatic rings. The van der Waals surface area contributed by atoms with Gasteiger partial charge in [0.05, 0.1) is 12.7 Å². The van der Waals surface area contributed by atoms with Gasteiger partial charge in [0.2, 0.25) is 0 Å². The second-order valence-electron chi connectivity index (χ2n) is 6.41. The minimum Gasteiger partial charge on any atom is -0.481 e. The van der Waals surface area contributed by atoms with E-state index in [9.17, 15) is 4.79 Å². The lowest BCUT2D eigenvalue weighted by Crippen LogP contribution is -2.15. The van der Waals surface area contributed by atoms with Gasteiger partial charge < -0.3 is 9.84 Å². The average Bonchev–Trinajstić information content (AvgIpc) is 2.54. The van der Waals surface area contributed by atoms with Gasteiger partial charge in [-0.25, -0.2) is 0 Å². The summed E-state index contributed by atoms with van der Waals surface area (Å²) < 4.78 is 5.98.